The molecule has 3 aromatic rings. The molecular weight excluding hydrogens is 358 g/mol. The lowest BCUT2D eigenvalue weighted by Gasteiger charge is -2.13. The molecule has 0 aliphatic heterocycles. The fraction of sp³-hybridized carbons (Fsp3) is 0.250. The molecule has 6 nitrogen and oxygen atoms in total. The van der Waals surface area contributed by atoms with Gasteiger partial charge in [0.1, 0.15) is 5.75 Å². The second-order valence-corrected chi connectivity index (χ2v) is 7.17. The number of hydrogen-bond donors (Lipinski definition) is 4. The Morgan fingerprint density at radius 3 is 2.85 bits per heavy atom. The quantitative estimate of drug-likeness (QED) is 0.310. The van der Waals surface area contributed by atoms with Crippen LogP contribution in [-0.2, 0) is 12.8 Å². The van der Waals surface area contributed by atoms with E-state index in [-0.39, 0.29) is 5.75 Å². The first-order valence-corrected chi connectivity index (χ1v) is 9.40. The Kier molecular flexibility index (Phi) is 4.31. The van der Waals surface area contributed by atoms with Gasteiger partial charge in [0.05, 0.1) is 11.3 Å². The van der Waals surface area contributed by atoms with Crippen molar-refractivity contribution in [2.45, 2.75) is 32.6 Å². The molecule has 7 heteroatoms. The number of hydrogen-bond acceptors (Lipinski definition) is 5. The third-order valence-corrected chi connectivity index (χ3v) is 5.37. The Hall–Kier alpha value is -2.93. The van der Waals surface area contributed by atoms with Crippen molar-refractivity contribution in [3.05, 3.63) is 51.8 Å². The normalized spacial score (nSPS) is 12.9. The summed E-state index contributed by atoms with van der Waals surface area (Å²) in [5.41, 5.74) is 11.5. The van der Waals surface area contributed by atoms with E-state index in [1.54, 1.807) is 6.07 Å². The lowest BCUT2D eigenvalue weighted by molar-refractivity contribution is 0.477. The maximum atomic E-state index is 10.5. The van der Waals surface area contributed by atoms with Gasteiger partial charge in [-0.05, 0) is 67.2 Å². The van der Waals surface area contributed by atoms with Crippen LogP contribution in [-0.4, -0.2) is 25.6 Å². The Morgan fingerprint density at radius 2 is 2.07 bits per heavy atom. The Morgan fingerprint density at radius 1 is 1.30 bits per heavy atom. The third kappa shape index (κ3) is 2.94. The van der Waals surface area contributed by atoms with E-state index >= 15 is 0 Å². The molecule has 0 atom stereocenters. The highest BCUT2D eigenvalue weighted by Crippen LogP contribution is 2.34. The second kappa shape index (κ2) is 6.66. The zero-order chi connectivity index (χ0) is 19.1. The standard InChI is InChI=1S/C20H21N5OS/c1-2-16(21)14-9-15(18(26)10-17(14)22)19-23-24-20(27)25(19)13-7-6-11-4-3-5-12(11)8-13/h6-10,21,26H,2-5,22H2,1H3,(H,24,27). The van der Waals surface area contributed by atoms with E-state index in [1.807, 2.05) is 17.6 Å². The number of nitrogens with zero attached hydrogens (tertiary/aromatic N) is 2. The maximum Gasteiger partial charge on any atom is 0.200 e. The minimum Gasteiger partial charge on any atom is -0.507 e. The van der Waals surface area contributed by atoms with Crippen LogP contribution >= 0.6 is 12.2 Å². The summed E-state index contributed by atoms with van der Waals surface area (Å²) < 4.78 is 2.27. The Labute approximate surface area is 162 Å². The van der Waals surface area contributed by atoms with Crippen LogP contribution in [0.1, 0.15) is 36.5 Å². The van der Waals surface area contributed by atoms with Crippen LogP contribution in [0.15, 0.2) is 30.3 Å². The average molecular weight is 379 g/mol. The predicted octanol–water partition coefficient (Wildman–Crippen LogP) is 4.15. The number of benzene rings is 2. The molecular formula is C20H21N5OS. The van der Waals surface area contributed by atoms with Crippen molar-refractivity contribution in [3.8, 4) is 22.8 Å². The summed E-state index contributed by atoms with van der Waals surface area (Å²) in [7, 11) is 0. The van der Waals surface area contributed by atoms with Crippen molar-refractivity contribution >= 4 is 23.6 Å². The smallest absolute Gasteiger partial charge is 0.200 e. The second-order valence-electron chi connectivity index (χ2n) is 6.78. The van der Waals surface area contributed by atoms with E-state index in [1.165, 1.54) is 23.6 Å². The molecule has 0 radical (unpaired) electrons. The monoisotopic (exact) mass is 379 g/mol. The van der Waals surface area contributed by atoms with Gasteiger partial charge in [0.15, 0.2) is 10.6 Å². The number of aromatic nitrogens is 3. The molecule has 2 aromatic carbocycles. The van der Waals surface area contributed by atoms with Crippen molar-refractivity contribution in [1.29, 1.82) is 5.41 Å². The van der Waals surface area contributed by atoms with E-state index in [0.29, 0.717) is 39.5 Å². The van der Waals surface area contributed by atoms with Gasteiger partial charge < -0.3 is 16.2 Å². The van der Waals surface area contributed by atoms with Crippen LogP contribution in [0.5, 0.6) is 5.75 Å². The number of aryl methyl sites for hydroxylation is 2. The van der Waals surface area contributed by atoms with Gasteiger partial charge in [-0.1, -0.05) is 13.0 Å². The van der Waals surface area contributed by atoms with Crippen molar-refractivity contribution < 1.29 is 5.11 Å². The van der Waals surface area contributed by atoms with Gasteiger partial charge in [-0.2, -0.15) is 5.10 Å². The average Bonchev–Trinajstić information content (AvgIpc) is 3.27. The number of nitrogens with one attached hydrogen (secondary N) is 2. The summed E-state index contributed by atoms with van der Waals surface area (Å²) in [5.74, 6) is 0.511. The van der Waals surface area contributed by atoms with Gasteiger partial charge in [0, 0.05) is 23.0 Å². The van der Waals surface area contributed by atoms with Crippen LogP contribution in [0, 0.1) is 10.2 Å². The van der Waals surface area contributed by atoms with Gasteiger partial charge in [-0.15, -0.1) is 0 Å². The van der Waals surface area contributed by atoms with Crippen LogP contribution in [0.3, 0.4) is 0 Å². The Bertz CT molecular complexity index is 1110. The minimum absolute atomic E-state index is 0.0107. The lowest BCUT2D eigenvalue weighted by atomic mass is 10.0. The summed E-state index contributed by atoms with van der Waals surface area (Å²) >= 11 is 5.46. The summed E-state index contributed by atoms with van der Waals surface area (Å²) in [4.78, 5) is 0. The van der Waals surface area contributed by atoms with E-state index in [9.17, 15) is 5.11 Å². The molecule has 4 rings (SSSR count). The summed E-state index contributed by atoms with van der Waals surface area (Å²) in [6.07, 6.45) is 3.89. The first kappa shape index (κ1) is 17.5. The number of H-pyrrole nitrogens is 1. The van der Waals surface area contributed by atoms with Crippen LogP contribution in [0.25, 0.3) is 17.1 Å². The molecule has 1 heterocycles. The van der Waals surface area contributed by atoms with Crippen LogP contribution in [0.4, 0.5) is 5.69 Å². The van der Waals surface area contributed by atoms with Crippen molar-refractivity contribution in [2.75, 3.05) is 5.73 Å². The highest BCUT2D eigenvalue weighted by atomic mass is 32.1. The predicted molar refractivity (Wildman–Crippen MR) is 109 cm³/mol. The minimum atomic E-state index is 0.0107. The molecule has 27 heavy (non-hydrogen) atoms. The number of fused-ring (bicyclic) bond motifs is 1. The highest BCUT2D eigenvalue weighted by Gasteiger charge is 2.19. The van der Waals surface area contributed by atoms with Crippen LogP contribution in [0.2, 0.25) is 0 Å². The SMILES string of the molecule is CCC(=N)c1cc(-c2n[nH]c(=S)n2-c2ccc3c(c2)CCC3)c(O)cc1N. The first-order chi connectivity index (χ1) is 13.0. The molecule has 0 unspecified atom stereocenters. The van der Waals surface area contributed by atoms with Crippen molar-refractivity contribution in [2.24, 2.45) is 0 Å². The number of phenolic OH excluding ortho intramolecular Hbond substituents is 1. The highest BCUT2D eigenvalue weighted by molar-refractivity contribution is 7.71. The molecule has 1 aromatic heterocycles. The van der Waals surface area contributed by atoms with E-state index in [4.69, 9.17) is 23.4 Å². The molecule has 0 saturated heterocycles. The van der Waals surface area contributed by atoms with Crippen molar-refractivity contribution in [1.82, 2.24) is 14.8 Å². The fourth-order valence-electron chi connectivity index (χ4n) is 3.65. The maximum absolute atomic E-state index is 10.5. The Balaban J connectivity index is 1.90. The summed E-state index contributed by atoms with van der Waals surface area (Å²) in [6.45, 7) is 1.90. The number of nitrogens with two attached hydrogens (primary N) is 1. The van der Waals surface area contributed by atoms with E-state index < -0.39 is 0 Å². The topological polar surface area (TPSA) is 104 Å². The molecule has 0 amide bonds. The van der Waals surface area contributed by atoms with Gasteiger partial charge in [0.2, 0.25) is 0 Å². The molecule has 1 aliphatic rings. The number of phenols is 1. The number of aromatic amines is 1. The van der Waals surface area contributed by atoms with Crippen LogP contribution < -0.4 is 5.73 Å². The van der Waals surface area contributed by atoms with Gasteiger partial charge >= 0.3 is 0 Å². The third-order valence-electron chi connectivity index (χ3n) is 5.10. The lowest BCUT2D eigenvalue weighted by Crippen LogP contribution is -2.05. The molecule has 138 valence electrons. The zero-order valence-corrected chi connectivity index (χ0v) is 15.9. The van der Waals surface area contributed by atoms with E-state index in [0.717, 1.165) is 18.5 Å². The van der Waals surface area contributed by atoms with E-state index in [2.05, 4.69) is 22.3 Å². The van der Waals surface area contributed by atoms with Gasteiger partial charge in [-0.3, -0.25) is 9.67 Å². The molecule has 0 bridgehead atoms. The number of nitrogen functional groups attached to an aromatic ring is 1. The van der Waals surface area contributed by atoms with Gasteiger partial charge in [-0.25, -0.2) is 0 Å². The molecule has 1 aliphatic carbocycles. The molecule has 5 N–H and O–H groups in total. The molecule has 0 spiro atoms. The largest absolute Gasteiger partial charge is 0.507 e. The molecule has 0 saturated carbocycles. The first-order valence-electron chi connectivity index (χ1n) is 8.99. The van der Waals surface area contributed by atoms with Crippen molar-refractivity contribution in [3.63, 3.8) is 0 Å². The fourth-order valence-corrected chi connectivity index (χ4v) is 3.89. The zero-order valence-electron chi connectivity index (χ0n) is 15.0. The number of anilines is 1. The number of rotatable bonds is 4. The number of aromatic hydroxyl groups is 1. The molecule has 0 fully saturated rings. The summed E-state index contributed by atoms with van der Waals surface area (Å²) in [5, 5.41) is 25.8. The van der Waals surface area contributed by atoms with Gasteiger partial charge in [0.25, 0.3) is 0 Å². The summed E-state index contributed by atoms with van der Waals surface area (Å²) in [6, 6.07) is 9.49.